The Morgan fingerprint density at radius 2 is 1.65 bits per heavy atom. The Kier molecular flexibility index (Phi) is 11.0. The van der Waals surface area contributed by atoms with Crippen molar-refractivity contribution in [3.05, 3.63) is 35.9 Å². The summed E-state index contributed by atoms with van der Waals surface area (Å²) in [5.74, 6) is -2.14. The molecule has 9 N–H and O–H groups in total. The Hall–Kier alpha value is -3.14. The highest BCUT2D eigenvalue weighted by Crippen LogP contribution is 2.08. The van der Waals surface area contributed by atoms with Crippen LogP contribution in [-0.2, 0) is 20.8 Å². The Morgan fingerprint density at radius 1 is 1.03 bits per heavy atom. The predicted octanol–water partition coefficient (Wildman–Crippen LogP) is -0.290. The SMILES string of the molecule is CC(C)C[C@H](NC(=O)[C@@H](N)CCCN=C(N)N)C(=O)N[C@@H](Cc1ccccc1)C(=O)O. The number of nitrogens with one attached hydrogen (secondary N) is 2. The van der Waals surface area contributed by atoms with Gasteiger partial charge in [0, 0.05) is 13.0 Å². The molecule has 10 nitrogen and oxygen atoms in total. The number of carbonyl (C=O) groups is 3. The molecule has 0 heterocycles. The molecule has 1 rings (SSSR count). The molecule has 0 saturated heterocycles. The van der Waals surface area contributed by atoms with Crippen LogP contribution in [-0.4, -0.2) is 53.5 Å². The number of nitrogens with two attached hydrogens (primary N) is 3. The number of guanidine groups is 1. The van der Waals surface area contributed by atoms with Crippen LogP contribution in [0.25, 0.3) is 0 Å². The van der Waals surface area contributed by atoms with Crippen LogP contribution in [0.2, 0.25) is 0 Å². The molecular weight excluding hydrogens is 400 g/mol. The monoisotopic (exact) mass is 434 g/mol. The lowest BCUT2D eigenvalue weighted by Gasteiger charge is -2.24. The number of carboxylic acid groups (broad SMARTS) is 1. The first kappa shape index (κ1) is 25.9. The first-order valence-corrected chi connectivity index (χ1v) is 10.3. The van der Waals surface area contributed by atoms with E-state index in [4.69, 9.17) is 17.2 Å². The van der Waals surface area contributed by atoms with Crippen molar-refractivity contribution in [2.24, 2.45) is 28.1 Å². The van der Waals surface area contributed by atoms with Crippen molar-refractivity contribution >= 4 is 23.7 Å². The van der Waals surface area contributed by atoms with Crippen LogP contribution >= 0.6 is 0 Å². The van der Waals surface area contributed by atoms with Crippen molar-refractivity contribution in [1.29, 1.82) is 0 Å². The molecule has 10 heteroatoms. The van der Waals surface area contributed by atoms with Crippen molar-refractivity contribution in [2.75, 3.05) is 6.54 Å². The summed E-state index contributed by atoms with van der Waals surface area (Å²) in [6, 6.07) is 6.15. The average Bonchev–Trinajstić information content (AvgIpc) is 2.70. The molecule has 0 unspecified atom stereocenters. The summed E-state index contributed by atoms with van der Waals surface area (Å²) in [4.78, 5) is 40.8. The summed E-state index contributed by atoms with van der Waals surface area (Å²) in [6.45, 7) is 4.15. The Bertz CT molecular complexity index is 749. The number of benzene rings is 1. The summed E-state index contributed by atoms with van der Waals surface area (Å²) >= 11 is 0. The summed E-state index contributed by atoms with van der Waals surface area (Å²) in [5.41, 5.74) is 17.2. The van der Waals surface area contributed by atoms with Gasteiger partial charge in [0.15, 0.2) is 5.96 Å². The zero-order chi connectivity index (χ0) is 23.4. The van der Waals surface area contributed by atoms with Gasteiger partial charge in [-0.25, -0.2) is 4.79 Å². The molecule has 0 spiro atoms. The highest BCUT2D eigenvalue weighted by atomic mass is 16.4. The number of aliphatic carboxylic acids is 1. The van der Waals surface area contributed by atoms with E-state index in [-0.39, 0.29) is 18.3 Å². The van der Waals surface area contributed by atoms with E-state index >= 15 is 0 Å². The summed E-state index contributed by atoms with van der Waals surface area (Å²) < 4.78 is 0. The van der Waals surface area contributed by atoms with Crippen LogP contribution in [0.5, 0.6) is 0 Å². The molecule has 0 fully saturated rings. The topological polar surface area (TPSA) is 186 Å². The van der Waals surface area contributed by atoms with E-state index in [1.165, 1.54) is 0 Å². The van der Waals surface area contributed by atoms with E-state index in [1.54, 1.807) is 24.3 Å². The maximum Gasteiger partial charge on any atom is 0.326 e. The molecule has 0 radical (unpaired) electrons. The smallest absolute Gasteiger partial charge is 0.326 e. The van der Waals surface area contributed by atoms with Crippen molar-refractivity contribution in [1.82, 2.24) is 10.6 Å². The van der Waals surface area contributed by atoms with Gasteiger partial charge < -0.3 is 32.9 Å². The molecule has 0 aromatic heterocycles. The molecule has 0 aliphatic rings. The minimum absolute atomic E-state index is 0.0322. The van der Waals surface area contributed by atoms with Gasteiger partial charge in [-0.1, -0.05) is 44.2 Å². The normalized spacial score (nSPS) is 13.7. The fourth-order valence-corrected chi connectivity index (χ4v) is 2.95. The van der Waals surface area contributed by atoms with Crippen LogP contribution in [0.4, 0.5) is 0 Å². The fourth-order valence-electron chi connectivity index (χ4n) is 2.95. The molecule has 0 saturated carbocycles. The van der Waals surface area contributed by atoms with Crippen molar-refractivity contribution in [3.63, 3.8) is 0 Å². The largest absolute Gasteiger partial charge is 0.480 e. The van der Waals surface area contributed by atoms with Crippen LogP contribution in [0.15, 0.2) is 35.3 Å². The van der Waals surface area contributed by atoms with Gasteiger partial charge in [0.25, 0.3) is 0 Å². The van der Waals surface area contributed by atoms with E-state index < -0.39 is 35.9 Å². The summed E-state index contributed by atoms with van der Waals surface area (Å²) in [5, 5.41) is 14.7. The first-order chi connectivity index (χ1) is 14.6. The number of carboxylic acids is 1. The molecule has 1 aromatic carbocycles. The number of rotatable bonds is 13. The van der Waals surface area contributed by atoms with E-state index in [0.29, 0.717) is 25.8 Å². The molecule has 0 bridgehead atoms. The fraction of sp³-hybridized carbons (Fsp3) is 0.524. The number of hydrogen-bond acceptors (Lipinski definition) is 5. The lowest BCUT2D eigenvalue weighted by molar-refractivity contribution is -0.142. The quantitative estimate of drug-likeness (QED) is 0.140. The zero-order valence-electron chi connectivity index (χ0n) is 18.1. The number of hydrogen-bond donors (Lipinski definition) is 6. The molecule has 3 atom stereocenters. The minimum Gasteiger partial charge on any atom is -0.480 e. The molecule has 0 aliphatic carbocycles. The molecule has 172 valence electrons. The predicted molar refractivity (Wildman–Crippen MR) is 119 cm³/mol. The van der Waals surface area contributed by atoms with Gasteiger partial charge in [-0.3, -0.25) is 14.6 Å². The minimum atomic E-state index is -1.15. The van der Waals surface area contributed by atoms with Crippen LogP contribution in [0, 0.1) is 5.92 Å². The van der Waals surface area contributed by atoms with E-state index in [2.05, 4.69) is 15.6 Å². The highest BCUT2D eigenvalue weighted by Gasteiger charge is 2.28. The summed E-state index contributed by atoms with van der Waals surface area (Å²) in [6.07, 6.45) is 1.32. The van der Waals surface area contributed by atoms with E-state index in [1.807, 2.05) is 19.9 Å². The number of amides is 2. The van der Waals surface area contributed by atoms with Crippen LogP contribution < -0.4 is 27.8 Å². The third kappa shape index (κ3) is 10.4. The highest BCUT2D eigenvalue weighted by molar-refractivity contribution is 5.91. The molecule has 31 heavy (non-hydrogen) atoms. The Labute approximate surface area is 182 Å². The second kappa shape index (κ2) is 13.2. The van der Waals surface area contributed by atoms with Crippen molar-refractivity contribution in [2.45, 2.75) is 57.7 Å². The van der Waals surface area contributed by atoms with E-state index in [9.17, 15) is 19.5 Å². The summed E-state index contributed by atoms with van der Waals surface area (Å²) in [7, 11) is 0. The van der Waals surface area contributed by atoms with Gasteiger partial charge in [-0.05, 0) is 30.7 Å². The third-order valence-electron chi connectivity index (χ3n) is 4.54. The maximum atomic E-state index is 12.8. The van der Waals surface area contributed by atoms with Gasteiger partial charge in [0.05, 0.1) is 6.04 Å². The van der Waals surface area contributed by atoms with E-state index in [0.717, 1.165) is 5.56 Å². The molecule has 2 amide bonds. The van der Waals surface area contributed by atoms with Crippen molar-refractivity contribution in [3.8, 4) is 0 Å². The standard InChI is InChI=1S/C21H34N6O4/c1-13(2)11-16(26-18(28)15(22)9-6-10-25-21(23)24)19(29)27-17(20(30)31)12-14-7-4-3-5-8-14/h3-5,7-8,13,15-17H,6,9-12,22H2,1-2H3,(H,26,28)(H,27,29)(H,30,31)(H4,23,24,25)/t15-,16-,17-/m0/s1. The first-order valence-electron chi connectivity index (χ1n) is 10.3. The van der Waals surface area contributed by atoms with Gasteiger partial charge in [-0.2, -0.15) is 0 Å². The number of nitrogens with zero attached hydrogens (tertiary/aromatic N) is 1. The Balaban J connectivity index is 2.75. The third-order valence-corrected chi connectivity index (χ3v) is 4.54. The Morgan fingerprint density at radius 3 is 2.19 bits per heavy atom. The van der Waals surface area contributed by atoms with Crippen LogP contribution in [0.1, 0.15) is 38.7 Å². The van der Waals surface area contributed by atoms with Gasteiger partial charge >= 0.3 is 5.97 Å². The molecular formula is C21H34N6O4. The lowest BCUT2D eigenvalue weighted by atomic mass is 10.0. The number of aliphatic imine (C=N–C) groups is 1. The van der Waals surface area contributed by atoms with Gasteiger partial charge in [-0.15, -0.1) is 0 Å². The number of carbonyl (C=O) groups excluding carboxylic acids is 2. The second-order valence-corrected chi connectivity index (χ2v) is 7.84. The van der Waals surface area contributed by atoms with Crippen molar-refractivity contribution < 1.29 is 19.5 Å². The average molecular weight is 435 g/mol. The maximum absolute atomic E-state index is 12.8. The molecule has 1 aromatic rings. The van der Waals surface area contributed by atoms with Gasteiger partial charge in [0.2, 0.25) is 11.8 Å². The second-order valence-electron chi connectivity index (χ2n) is 7.84. The van der Waals surface area contributed by atoms with Gasteiger partial charge in [0.1, 0.15) is 12.1 Å². The van der Waals surface area contributed by atoms with Crippen LogP contribution in [0.3, 0.4) is 0 Å². The zero-order valence-corrected chi connectivity index (χ0v) is 18.1. The lowest BCUT2D eigenvalue weighted by Crippen LogP contribution is -2.55. The molecule has 0 aliphatic heterocycles.